The number of hydrogen-bond donors (Lipinski definition) is 1. The molecule has 0 saturated heterocycles. The quantitative estimate of drug-likeness (QED) is 0.667. The normalized spacial score (nSPS) is 11.1. The summed E-state index contributed by atoms with van der Waals surface area (Å²) in [5.74, 6) is 0. The van der Waals surface area contributed by atoms with Gasteiger partial charge >= 0.3 is 0 Å². The van der Waals surface area contributed by atoms with Crippen LogP contribution in [0.4, 0.5) is 5.00 Å². The number of thiophene rings is 2. The maximum atomic E-state index is 5.68. The Morgan fingerprint density at radius 3 is 2.64 bits per heavy atom. The van der Waals surface area contributed by atoms with Crippen LogP contribution < -0.4 is 5.73 Å². The minimum Gasteiger partial charge on any atom is -0.391 e. The molecule has 0 aromatic carbocycles. The summed E-state index contributed by atoms with van der Waals surface area (Å²) < 4.78 is 2.70. The van der Waals surface area contributed by atoms with Crippen LogP contribution in [-0.4, -0.2) is 0 Å². The summed E-state index contributed by atoms with van der Waals surface area (Å²) >= 11 is 3.52. The van der Waals surface area contributed by atoms with Crippen molar-refractivity contribution >= 4 is 37.1 Å². The molecule has 58 valence electrons. The van der Waals surface area contributed by atoms with Crippen LogP contribution in [0.3, 0.4) is 0 Å². The number of aryl methyl sites for hydroxylation is 2. The molecule has 0 aliphatic carbocycles. The van der Waals surface area contributed by atoms with Gasteiger partial charge in [0.05, 0.1) is 9.70 Å². The lowest BCUT2D eigenvalue weighted by Crippen LogP contribution is -1.73. The van der Waals surface area contributed by atoms with Crippen molar-refractivity contribution in [1.82, 2.24) is 0 Å². The van der Waals surface area contributed by atoms with Crippen LogP contribution in [0.1, 0.15) is 10.4 Å². The second-order valence-corrected chi connectivity index (χ2v) is 4.97. The lowest BCUT2D eigenvalue weighted by atomic mass is 10.3. The van der Waals surface area contributed by atoms with E-state index in [2.05, 4.69) is 19.9 Å². The number of fused-ring (bicyclic) bond motifs is 1. The lowest BCUT2D eigenvalue weighted by Gasteiger charge is -1.85. The molecule has 2 aromatic rings. The van der Waals surface area contributed by atoms with Crippen LogP contribution >= 0.6 is 22.7 Å². The standard InChI is InChI=1S/C8H9NS2/c1-4-5(2)10-6-3-7(9)11-8(4)6/h3H,9H2,1-2H3. The van der Waals surface area contributed by atoms with Crippen LogP contribution in [0.5, 0.6) is 0 Å². The Hall–Kier alpha value is -0.540. The van der Waals surface area contributed by atoms with Gasteiger partial charge in [-0.2, -0.15) is 0 Å². The topological polar surface area (TPSA) is 26.0 Å². The van der Waals surface area contributed by atoms with Crippen molar-refractivity contribution < 1.29 is 0 Å². The van der Waals surface area contributed by atoms with Gasteiger partial charge < -0.3 is 5.73 Å². The molecule has 0 spiro atoms. The molecule has 0 amide bonds. The molecule has 11 heavy (non-hydrogen) atoms. The van der Waals surface area contributed by atoms with E-state index >= 15 is 0 Å². The first-order chi connectivity index (χ1) is 5.18. The fraction of sp³-hybridized carbons (Fsp3) is 0.250. The van der Waals surface area contributed by atoms with Crippen LogP contribution in [0, 0.1) is 13.8 Å². The number of rotatable bonds is 0. The van der Waals surface area contributed by atoms with Gasteiger partial charge in [-0.25, -0.2) is 0 Å². The fourth-order valence-corrected chi connectivity index (χ4v) is 3.41. The van der Waals surface area contributed by atoms with Crippen LogP contribution in [-0.2, 0) is 0 Å². The molecule has 0 unspecified atom stereocenters. The van der Waals surface area contributed by atoms with Crippen molar-refractivity contribution in [2.24, 2.45) is 0 Å². The largest absolute Gasteiger partial charge is 0.391 e. The van der Waals surface area contributed by atoms with E-state index in [1.165, 1.54) is 19.8 Å². The van der Waals surface area contributed by atoms with Gasteiger partial charge in [-0.05, 0) is 25.5 Å². The highest BCUT2D eigenvalue weighted by Gasteiger charge is 2.07. The lowest BCUT2D eigenvalue weighted by molar-refractivity contribution is 1.48. The molecule has 0 aliphatic rings. The number of nitrogen functional groups attached to an aromatic ring is 1. The first-order valence-electron chi connectivity index (χ1n) is 3.43. The zero-order valence-corrected chi connectivity index (χ0v) is 8.10. The molecule has 2 rings (SSSR count). The summed E-state index contributed by atoms with van der Waals surface area (Å²) in [6.45, 7) is 4.31. The first-order valence-corrected chi connectivity index (χ1v) is 5.07. The smallest absolute Gasteiger partial charge is 0.0877 e. The highest BCUT2D eigenvalue weighted by atomic mass is 32.1. The van der Waals surface area contributed by atoms with Gasteiger partial charge in [0.15, 0.2) is 0 Å². The van der Waals surface area contributed by atoms with Gasteiger partial charge in [0.25, 0.3) is 0 Å². The molecule has 0 bridgehead atoms. The van der Waals surface area contributed by atoms with Crippen LogP contribution in [0.25, 0.3) is 9.40 Å². The zero-order valence-electron chi connectivity index (χ0n) is 6.47. The molecule has 2 N–H and O–H groups in total. The van der Waals surface area contributed by atoms with Gasteiger partial charge in [-0.3, -0.25) is 0 Å². The van der Waals surface area contributed by atoms with E-state index in [1.807, 2.05) is 11.3 Å². The summed E-state index contributed by atoms with van der Waals surface area (Å²) in [5.41, 5.74) is 7.07. The molecule has 0 fully saturated rings. The summed E-state index contributed by atoms with van der Waals surface area (Å²) in [7, 11) is 0. The van der Waals surface area contributed by atoms with Crippen molar-refractivity contribution in [3.8, 4) is 0 Å². The highest BCUT2D eigenvalue weighted by molar-refractivity contribution is 7.30. The van der Waals surface area contributed by atoms with Crippen molar-refractivity contribution in [3.05, 3.63) is 16.5 Å². The minimum atomic E-state index is 0.925. The fourth-order valence-electron chi connectivity index (χ4n) is 1.13. The van der Waals surface area contributed by atoms with Crippen molar-refractivity contribution in [2.75, 3.05) is 5.73 Å². The van der Waals surface area contributed by atoms with E-state index in [-0.39, 0.29) is 0 Å². The van der Waals surface area contributed by atoms with Crippen molar-refractivity contribution in [3.63, 3.8) is 0 Å². The zero-order chi connectivity index (χ0) is 8.01. The van der Waals surface area contributed by atoms with Crippen molar-refractivity contribution in [2.45, 2.75) is 13.8 Å². The number of anilines is 1. The third kappa shape index (κ3) is 0.957. The molecular weight excluding hydrogens is 174 g/mol. The highest BCUT2D eigenvalue weighted by Crippen LogP contribution is 2.37. The second-order valence-electron chi connectivity index (χ2n) is 2.63. The maximum Gasteiger partial charge on any atom is 0.0877 e. The van der Waals surface area contributed by atoms with Crippen LogP contribution in [0.2, 0.25) is 0 Å². The molecule has 0 radical (unpaired) electrons. The number of hydrogen-bond acceptors (Lipinski definition) is 3. The Morgan fingerprint density at radius 1 is 1.27 bits per heavy atom. The third-order valence-electron chi connectivity index (χ3n) is 1.85. The Bertz CT molecular complexity index is 397. The van der Waals surface area contributed by atoms with E-state index in [9.17, 15) is 0 Å². The van der Waals surface area contributed by atoms with Crippen molar-refractivity contribution in [1.29, 1.82) is 0 Å². The third-order valence-corrected chi connectivity index (χ3v) is 4.22. The number of nitrogens with two attached hydrogens (primary N) is 1. The van der Waals surface area contributed by atoms with E-state index in [4.69, 9.17) is 5.73 Å². The van der Waals surface area contributed by atoms with Gasteiger partial charge in [-0.15, -0.1) is 22.7 Å². The first kappa shape index (κ1) is 7.13. The van der Waals surface area contributed by atoms with E-state index in [1.54, 1.807) is 11.3 Å². The van der Waals surface area contributed by atoms with Gasteiger partial charge in [0, 0.05) is 9.58 Å². The summed E-state index contributed by atoms with van der Waals surface area (Å²) in [5, 5.41) is 0.925. The predicted molar refractivity (Wildman–Crippen MR) is 53.6 cm³/mol. The molecule has 1 nitrogen and oxygen atoms in total. The monoisotopic (exact) mass is 183 g/mol. The van der Waals surface area contributed by atoms with Gasteiger partial charge in [0.1, 0.15) is 0 Å². The van der Waals surface area contributed by atoms with E-state index in [0.717, 1.165) is 5.00 Å². The summed E-state index contributed by atoms with van der Waals surface area (Å²) in [4.78, 5) is 1.41. The van der Waals surface area contributed by atoms with Crippen LogP contribution in [0.15, 0.2) is 6.07 Å². The molecule has 0 saturated carbocycles. The minimum absolute atomic E-state index is 0.925. The molecule has 0 aliphatic heterocycles. The summed E-state index contributed by atoms with van der Waals surface area (Å²) in [6.07, 6.45) is 0. The van der Waals surface area contributed by atoms with E-state index in [0.29, 0.717) is 0 Å². The Balaban J connectivity index is 2.88. The van der Waals surface area contributed by atoms with E-state index < -0.39 is 0 Å². The SMILES string of the molecule is Cc1sc2cc(N)sc2c1C. The molecule has 0 atom stereocenters. The average molecular weight is 183 g/mol. The summed E-state index contributed by atoms with van der Waals surface area (Å²) in [6, 6.07) is 2.06. The molecule has 2 aromatic heterocycles. The molecule has 2 heterocycles. The van der Waals surface area contributed by atoms with Gasteiger partial charge in [0.2, 0.25) is 0 Å². The van der Waals surface area contributed by atoms with Gasteiger partial charge in [-0.1, -0.05) is 0 Å². The predicted octanol–water partition coefficient (Wildman–Crippen LogP) is 3.16. The Labute approximate surface area is 73.5 Å². The Kier molecular flexibility index (Phi) is 1.44. The molecular formula is C8H9NS2. The second kappa shape index (κ2) is 2.22. The Morgan fingerprint density at radius 2 is 2.00 bits per heavy atom. The average Bonchev–Trinajstić information content (AvgIpc) is 2.37. The molecule has 3 heteroatoms. The maximum absolute atomic E-state index is 5.68.